The smallest absolute Gasteiger partial charge is 0.293 e. The Hall–Kier alpha value is -3.38. The number of rotatable bonds is 13. The third-order valence-corrected chi connectivity index (χ3v) is 19.6. The second-order valence-corrected chi connectivity index (χ2v) is 24.0. The first-order chi connectivity index (χ1) is 23.2. The van der Waals surface area contributed by atoms with Crippen LogP contribution in [-0.2, 0) is 27.9 Å². The molecule has 8 heteroatoms. The van der Waals surface area contributed by atoms with Crippen LogP contribution in [0.25, 0.3) is 0 Å². The second-order valence-electron chi connectivity index (χ2n) is 15.4. The van der Waals surface area contributed by atoms with Crippen molar-refractivity contribution in [3.63, 3.8) is 0 Å². The second kappa shape index (κ2) is 14.8. The molecule has 1 fully saturated rings. The summed E-state index contributed by atoms with van der Waals surface area (Å²) in [5.74, 6) is -0.925. The molecular formula is C41H52O6Si2. The summed E-state index contributed by atoms with van der Waals surface area (Å²) in [4.78, 5) is 12.1. The molecule has 1 aliphatic heterocycles. The molecule has 1 heterocycles. The van der Waals surface area contributed by atoms with Crippen LogP contribution in [0.1, 0.15) is 55.4 Å². The lowest BCUT2D eigenvalue weighted by atomic mass is 10.1. The van der Waals surface area contributed by atoms with E-state index in [0.29, 0.717) is 6.47 Å². The van der Waals surface area contributed by atoms with Crippen LogP contribution in [0.2, 0.25) is 10.1 Å². The molecule has 0 aromatic heterocycles. The highest BCUT2D eigenvalue weighted by molar-refractivity contribution is 7.00. The fourth-order valence-corrected chi connectivity index (χ4v) is 16.7. The molecule has 0 aliphatic carbocycles. The molecular weight excluding hydrogens is 645 g/mol. The number of hydrogen-bond donors (Lipinski definition) is 0. The van der Waals surface area contributed by atoms with Gasteiger partial charge in [-0.2, -0.15) is 0 Å². The summed E-state index contributed by atoms with van der Waals surface area (Å²) in [6.45, 7) is 18.1. The fourth-order valence-electron chi connectivity index (χ4n) is 7.53. The topological polar surface area (TPSA) is 63.2 Å². The van der Waals surface area contributed by atoms with E-state index in [0.717, 1.165) is 10.4 Å². The molecule has 0 spiro atoms. The van der Waals surface area contributed by atoms with E-state index in [1.807, 2.05) is 38.1 Å². The Morgan fingerprint density at radius 2 is 1.00 bits per heavy atom. The number of ether oxygens (including phenoxy) is 3. The van der Waals surface area contributed by atoms with Crippen molar-refractivity contribution in [3.05, 3.63) is 121 Å². The maximum Gasteiger partial charge on any atom is 0.293 e. The van der Waals surface area contributed by atoms with Gasteiger partial charge in [-0.05, 0) is 44.7 Å². The van der Waals surface area contributed by atoms with Crippen molar-refractivity contribution < 1.29 is 27.9 Å². The molecule has 3 atom stereocenters. The zero-order valence-electron chi connectivity index (χ0n) is 30.2. The van der Waals surface area contributed by atoms with Crippen LogP contribution in [0.5, 0.6) is 0 Å². The van der Waals surface area contributed by atoms with Gasteiger partial charge in [0, 0.05) is 0 Å². The maximum atomic E-state index is 12.1. The first-order valence-corrected chi connectivity index (χ1v) is 21.0. The Kier molecular flexibility index (Phi) is 11.2. The van der Waals surface area contributed by atoms with Crippen molar-refractivity contribution in [2.45, 2.75) is 89.6 Å². The molecule has 4 aromatic rings. The minimum absolute atomic E-state index is 0.131. The SMILES string of the molecule is CC1(C)O[C@@H]([C@@H](CO[Si](c2ccccc2)(c2ccccc2)C(C)(C)C)OC=O)[C@@H](CO[Si](c2ccccc2)(c2ccccc2)C(C)(C)C)O1. The van der Waals surface area contributed by atoms with Gasteiger partial charge in [0.2, 0.25) is 0 Å². The standard InChI is InChI=1S/C41H52O6Si2/c1-39(2,3)48(32-21-13-9-14-22-32,33-23-15-10-16-24-33)44-29-36(43-31-42)38-37(46-41(7,8)47-38)30-45-49(40(4,5)6,34-25-17-11-18-26-34)35-27-19-12-20-28-35/h9-28,31,36-38H,29-30H2,1-8H3/t36-,37-,38+/m1/s1. The average Bonchev–Trinajstić information content (AvgIpc) is 3.39. The van der Waals surface area contributed by atoms with Crippen LogP contribution in [0.15, 0.2) is 121 Å². The first kappa shape index (κ1) is 36.9. The molecule has 0 bridgehead atoms. The molecule has 6 nitrogen and oxygen atoms in total. The molecule has 49 heavy (non-hydrogen) atoms. The third kappa shape index (κ3) is 7.55. The van der Waals surface area contributed by atoms with Crippen molar-refractivity contribution in [1.29, 1.82) is 0 Å². The Labute approximate surface area is 295 Å². The van der Waals surface area contributed by atoms with Gasteiger partial charge < -0.3 is 23.1 Å². The Morgan fingerprint density at radius 1 is 0.633 bits per heavy atom. The minimum Gasteiger partial charge on any atom is -0.459 e. The lowest BCUT2D eigenvalue weighted by Crippen LogP contribution is -2.68. The summed E-state index contributed by atoms with van der Waals surface area (Å²) < 4.78 is 33.5. The van der Waals surface area contributed by atoms with Gasteiger partial charge in [-0.25, -0.2) is 0 Å². The van der Waals surface area contributed by atoms with Gasteiger partial charge in [0.25, 0.3) is 23.1 Å². The van der Waals surface area contributed by atoms with E-state index in [2.05, 4.69) is 139 Å². The molecule has 4 aromatic carbocycles. The zero-order chi connectivity index (χ0) is 35.3. The molecule has 0 amide bonds. The maximum absolute atomic E-state index is 12.1. The van der Waals surface area contributed by atoms with Gasteiger partial charge >= 0.3 is 0 Å². The van der Waals surface area contributed by atoms with Crippen LogP contribution in [-0.4, -0.2) is 60.4 Å². The number of carbonyl (C=O) groups is 1. The summed E-state index contributed by atoms with van der Waals surface area (Å²) in [5, 5.41) is 4.19. The van der Waals surface area contributed by atoms with Crippen LogP contribution < -0.4 is 20.7 Å². The quantitative estimate of drug-likeness (QED) is 0.123. The van der Waals surface area contributed by atoms with Gasteiger partial charge in [0.05, 0.1) is 13.2 Å². The Morgan fingerprint density at radius 3 is 1.35 bits per heavy atom. The average molecular weight is 697 g/mol. The van der Waals surface area contributed by atoms with E-state index in [1.165, 1.54) is 10.4 Å². The van der Waals surface area contributed by atoms with Crippen LogP contribution >= 0.6 is 0 Å². The van der Waals surface area contributed by atoms with E-state index in [9.17, 15) is 4.79 Å². The van der Waals surface area contributed by atoms with Crippen LogP contribution in [0.4, 0.5) is 0 Å². The third-order valence-electron chi connectivity index (χ3n) is 9.58. The highest BCUT2D eigenvalue weighted by Gasteiger charge is 2.55. The van der Waals surface area contributed by atoms with Gasteiger partial charge in [-0.15, -0.1) is 0 Å². The zero-order valence-corrected chi connectivity index (χ0v) is 32.2. The molecule has 0 radical (unpaired) electrons. The lowest BCUT2D eigenvalue weighted by Gasteiger charge is -2.44. The summed E-state index contributed by atoms with van der Waals surface area (Å²) in [6, 6.07) is 42.0. The largest absolute Gasteiger partial charge is 0.459 e. The van der Waals surface area contributed by atoms with E-state index in [-0.39, 0.29) is 23.3 Å². The molecule has 1 aliphatic rings. The van der Waals surface area contributed by atoms with Gasteiger partial charge in [-0.1, -0.05) is 163 Å². The Bertz CT molecular complexity index is 1540. The molecule has 0 N–H and O–H groups in total. The van der Waals surface area contributed by atoms with Gasteiger partial charge in [0.1, 0.15) is 12.2 Å². The normalized spacial score (nSPS) is 18.9. The monoisotopic (exact) mass is 696 g/mol. The number of hydrogen-bond acceptors (Lipinski definition) is 6. The molecule has 1 saturated heterocycles. The molecule has 5 rings (SSSR count). The first-order valence-electron chi connectivity index (χ1n) is 17.2. The van der Waals surface area contributed by atoms with E-state index in [1.54, 1.807) is 0 Å². The van der Waals surface area contributed by atoms with Crippen molar-refractivity contribution >= 4 is 43.9 Å². The van der Waals surface area contributed by atoms with Crippen molar-refractivity contribution in [3.8, 4) is 0 Å². The van der Waals surface area contributed by atoms with Crippen molar-refractivity contribution in [2.24, 2.45) is 0 Å². The molecule has 0 saturated carbocycles. The van der Waals surface area contributed by atoms with E-state index < -0.39 is 40.7 Å². The number of carbonyl (C=O) groups excluding carboxylic acids is 1. The van der Waals surface area contributed by atoms with Gasteiger partial charge in [-0.3, -0.25) is 4.79 Å². The highest BCUT2D eigenvalue weighted by atomic mass is 28.4. The highest BCUT2D eigenvalue weighted by Crippen LogP contribution is 2.40. The summed E-state index contributed by atoms with van der Waals surface area (Å²) >= 11 is 0. The molecule has 0 unspecified atom stereocenters. The lowest BCUT2D eigenvalue weighted by molar-refractivity contribution is -0.166. The van der Waals surface area contributed by atoms with Gasteiger partial charge in [0.15, 0.2) is 11.9 Å². The van der Waals surface area contributed by atoms with Crippen LogP contribution in [0.3, 0.4) is 0 Å². The van der Waals surface area contributed by atoms with Crippen molar-refractivity contribution in [2.75, 3.05) is 13.2 Å². The molecule has 260 valence electrons. The predicted octanol–water partition coefficient (Wildman–Crippen LogP) is 6.20. The van der Waals surface area contributed by atoms with E-state index in [4.69, 9.17) is 23.1 Å². The Balaban J connectivity index is 1.51. The minimum atomic E-state index is -2.93. The summed E-state index contributed by atoms with van der Waals surface area (Å²) in [5.41, 5.74) is 0. The summed E-state index contributed by atoms with van der Waals surface area (Å²) in [7, 11) is -5.81. The summed E-state index contributed by atoms with van der Waals surface area (Å²) in [6.07, 6.45) is -1.89. The number of benzene rings is 4. The van der Waals surface area contributed by atoms with Crippen LogP contribution in [0, 0.1) is 0 Å². The van der Waals surface area contributed by atoms with Crippen molar-refractivity contribution in [1.82, 2.24) is 0 Å². The van der Waals surface area contributed by atoms with E-state index >= 15 is 0 Å². The fraction of sp³-hybridized carbons (Fsp3) is 0.390. The predicted molar refractivity (Wildman–Crippen MR) is 202 cm³/mol.